The lowest BCUT2D eigenvalue weighted by atomic mass is 10.2. The van der Waals surface area contributed by atoms with E-state index in [1.54, 1.807) is 79.3 Å². The molecule has 198 valence electrons. The van der Waals surface area contributed by atoms with Crippen LogP contribution in [0.15, 0.2) is 99.0 Å². The zero-order valence-electron chi connectivity index (χ0n) is 21.0. The average Bonchev–Trinajstić information content (AvgIpc) is 3.47. The highest BCUT2D eigenvalue weighted by Crippen LogP contribution is 2.21. The highest BCUT2D eigenvalue weighted by molar-refractivity contribution is 7.92. The first-order valence-corrected chi connectivity index (χ1v) is 13.3. The number of anilines is 1. The maximum absolute atomic E-state index is 13.2. The second kappa shape index (κ2) is 10.1. The summed E-state index contributed by atoms with van der Waals surface area (Å²) >= 11 is 0. The van der Waals surface area contributed by atoms with Crippen LogP contribution in [0.25, 0.3) is 16.7 Å². The Morgan fingerprint density at radius 3 is 2.41 bits per heavy atom. The SMILES string of the molecule is Cc1c(NS(=O)(=O)c2cccc(C(=O)OCC(=O)c3cc4ccccc4o3)c2)c(=O)n(-c2ccccc2)n1C. The number of Topliss-reactive ketones (excluding diaryl/α,β-unsaturated/α-hetero) is 1. The van der Waals surface area contributed by atoms with Gasteiger partial charge in [-0.05, 0) is 49.4 Å². The molecule has 2 aromatic heterocycles. The fourth-order valence-electron chi connectivity index (χ4n) is 4.07. The van der Waals surface area contributed by atoms with E-state index < -0.39 is 33.9 Å². The molecule has 2 heterocycles. The second-order valence-corrected chi connectivity index (χ2v) is 10.4. The molecular weight excluding hydrogens is 522 g/mol. The molecule has 39 heavy (non-hydrogen) atoms. The van der Waals surface area contributed by atoms with Crippen LogP contribution in [0.5, 0.6) is 0 Å². The van der Waals surface area contributed by atoms with Crippen LogP contribution in [0.1, 0.15) is 26.6 Å². The van der Waals surface area contributed by atoms with Gasteiger partial charge >= 0.3 is 5.97 Å². The molecule has 11 heteroatoms. The van der Waals surface area contributed by atoms with E-state index in [4.69, 9.17) is 9.15 Å². The molecule has 3 aromatic carbocycles. The molecule has 5 rings (SSSR count). The summed E-state index contributed by atoms with van der Waals surface area (Å²) in [6.07, 6.45) is 0. The fourth-order valence-corrected chi connectivity index (χ4v) is 5.24. The number of nitrogens with one attached hydrogen (secondary N) is 1. The Hall–Kier alpha value is -4.90. The number of hydrogen-bond donors (Lipinski definition) is 1. The van der Waals surface area contributed by atoms with E-state index in [-0.39, 0.29) is 21.9 Å². The Morgan fingerprint density at radius 2 is 1.67 bits per heavy atom. The topological polar surface area (TPSA) is 130 Å². The first kappa shape index (κ1) is 25.7. The van der Waals surface area contributed by atoms with Crippen LogP contribution >= 0.6 is 0 Å². The van der Waals surface area contributed by atoms with Gasteiger partial charge in [-0.3, -0.25) is 19.0 Å². The number of ketones is 1. The van der Waals surface area contributed by atoms with Gasteiger partial charge in [0.1, 0.15) is 11.3 Å². The van der Waals surface area contributed by atoms with Crippen molar-refractivity contribution < 1.29 is 27.2 Å². The molecule has 0 radical (unpaired) electrons. The fraction of sp³-hybridized carbons (Fsp3) is 0.107. The third-order valence-corrected chi connectivity index (χ3v) is 7.55. The molecule has 0 aliphatic rings. The first-order chi connectivity index (χ1) is 18.7. The number of hydrogen-bond acceptors (Lipinski definition) is 7. The van der Waals surface area contributed by atoms with Crippen molar-refractivity contribution >= 4 is 38.4 Å². The first-order valence-electron chi connectivity index (χ1n) is 11.8. The summed E-state index contributed by atoms with van der Waals surface area (Å²) in [5, 5.41) is 0.738. The molecule has 0 bridgehead atoms. The van der Waals surface area contributed by atoms with E-state index in [1.807, 2.05) is 0 Å². The summed E-state index contributed by atoms with van der Waals surface area (Å²) in [5.41, 5.74) is 0.742. The summed E-state index contributed by atoms with van der Waals surface area (Å²) in [6.45, 7) is 1.03. The van der Waals surface area contributed by atoms with Crippen LogP contribution in [-0.2, 0) is 21.8 Å². The van der Waals surface area contributed by atoms with Crippen molar-refractivity contribution in [3.63, 3.8) is 0 Å². The number of carbonyl (C=O) groups excluding carboxylic acids is 2. The van der Waals surface area contributed by atoms with Crippen molar-refractivity contribution in [2.75, 3.05) is 11.3 Å². The molecule has 0 aliphatic heterocycles. The molecule has 0 spiro atoms. The van der Waals surface area contributed by atoms with Crippen LogP contribution in [0.2, 0.25) is 0 Å². The Labute approximate surface area is 223 Å². The second-order valence-electron chi connectivity index (χ2n) is 8.72. The van der Waals surface area contributed by atoms with Gasteiger partial charge in [-0.2, -0.15) is 0 Å². The Kier molecular flexibility index (Phi) is 6.67. The van der Waals surface area contributed by atoms with Crippen LogP contribution in [-0.4, -0.2) is 36.1 Å². The van der Waals surface area contributed by atoms with Crippen molar-refractivity contribution in [3.05, 3.63) is 112 Å². The van der Waals surface area contributed by atoms with E-state index in [2.05, 4.69) is 4.72 Å². The van der Waals surface area contributed by atoms with Crippen LogP contribution in [0.4, 0.5) is 5.69 Å². The summed E-state index contributed by atoms with van der Waals surface area (Å²) in [7, 11) is -2.61. The molecule has 0 saturated heterocycles. The molecule has 5 aromatic rings. The minimum atomic E-state index is -4.26. The molecule has 0 unspecified atom stereocenters. The molecular formula is C28H23N3O7S. The van der Waals surface area contributed by atoms with E-state index in [0.717, 1.165) is 11.5 Å². The monoisotopic (exact) mass is 545 g/mol. The number of ether oxygens (including phenoxy) is 1. The Balaban J connectivity index is 1.33. The molecule has 0 fully saturated rings. The largest absolute Gasteiger partial charge is 0.454 e. The normalized spacial score (nSPS) is 11.4. The van der Waals surface area contributed by atoms with Gasteiger partial charge in [0.15, 0.2) is 12.4 Å². The van der Waals surface area contributed by atoms with E-state index in [1.165, 1.54) is 22.9 Å². The Bertz CT molecular complexity index is 1850. The number of aromatic nitrogens is 2. The van der Waals surface area contributed by atoms with Crippen LogP contribution in [0.3, 0.4) is 0 Å². The van der Waals surface area contributed by atoms with Crippen LogP contribution < -0.4 is 10.3 Å². The van der Waals surface area contributed by atoms with E-state index in [9.17, 15) is 22.8 Å². The van der Waals surface area contributed by atoms with Gasteiger partial charge in [-0.15, -0.1) is 0 Å². The Morgan fingerprint density at radius 1 is 0.949 bits per heavy atom. The zero-order valence-corrected chi connectivity index (χ0v) is 21.8. The van der Waals surface area contributed by atoms with Gasteiger partial charge < -0.3 is 9.15 Å². The smallest absolute Gasteiger partial charge is 0.338 e. The van der Waals surface area contributed by atoms with Crippen molar-refractivity contribution in [1.82, 2.24) is 9.36 Å². The number of para-hydroxylation sites is 2. The van der Waals surface area contributed by atoms with Crippen LogP contribution in [0, 0.1) is 6.92 Å². The lowest BCUT2D eigenvalue weighted by molar-refractivity contribution is 0.0468. The molecule has 1 N–H and O–H groups in total. The third kappa shape index (κ3) is 4.99. The van der Waals surface area contributed by atoms with Gasteiger partial charge in [0.05, 0.1) is 21.8 Å². The van der Waals surface area contributed by atoms with Crippen molar-refractivity contribution in [1.29, 1.82) is 0 Å². The molecule has 0 saturated carbocycles. The predicted octanol–water partition coefficient (Wildman–Crippen LogP) is 4.07. The van der Waals surface area contributed by atoms with Crippen molar-refractivity contribution in [3.8, 4) is 5.69 Å². The zero-order chi connectivity index (χ0) is 27.7. The molecule has 0 aliphatic carbocycles. The quantitative estimate of drug-likeness (QED) is 0.230. The molecule has 0 atom stereocenters. The highest BCUT2D eigenvalue weighted by Gasteiger charge is 2.24. The highest BCUT2D eigenvalue weighted by atomic mass is 32.2. The van der Waals surface area contributed by atoms with E-state index in [0.29, 0.717) is 17.0 Å². The number of benzene rings is 3. The average molecular weight is 546 g/mol. The summed E-state index contributed by atoms with van der Waals surface area (Å²) in [4.78, 5) is 38.0. The number of esters is 1. The van der Waals surface area contributed by atoms with Crippen molar-refractivity contribution in [2.45, 2.75) is 11.8 Å². The lowest BCUT2D eigenvalue weighted by Crippen LogP contribution is -2.23. The molecule has 10 nitrogen and oxygen atoms in total. The maximum Gasteiger partial charge on any atom is 0.338 e. The maximum atomic E-state index is 13.2. The number of furan rings is 1. The lowest BCUT2D eigenvalue weighted by Gasteiger charge is -2.09. The van der Waals surface area contributed by atoms with Crippen molar-refractivity contribution in [2.24, 2.45) is 7.05 Å². The standard InChI is InChI=1S/C28H23N3O7S/c1-18-26(27(33)31(30(18)2)21-11-4-3-5-12-21)29-39(35,36)22-13-8-10-20(15-22)28(34)37-17-23(32)25-16-19-9-6-7-14-24(19)38-25/h3-16,29H,17H2,1-2H3. The van der Waals surface area contributed by atoms with Gasteiger partial charge in [0, 0.05) is 12.4 Å². The van der Waals surface area contributed by atoms with Gasteiger partial charge in [0.25, 0.3) is 15.6 Å². The van der Waals surface area contributed by atoms with E-state index >= 15 is 0 Å². The minimum absolute atomic E-state index is 0.0453. The predicted molar refractivity (Wildman–Crippen MR) is 144 cm³/mol. The summed E-state index contributed by atoms with van der Waals surface area (Å²) in [6, 6.07) is 22.6. The summed E-state index contributed by atoms with van der Waals surface area (Å²) in [5.74, 6) is -1.39. The number of nitrogens with zero attached hydrogens (tertiary/aromatic N) is 2. The summed E-state index contributed by atoms with van der Waals surface area (Å²) < 4.78 is 42.2. The van der Waals surface area contributed by atoms with Gasteiger partial charge in [-0.25, -0.2) is 17.9 Å². The number of rotatable bonds is 8. The number of sulfonamides is 1. The number of carbonyl (C=O) groups is 2. The minimum Gasteiger partial charge on any atom is -0.454 e. The van der Waals surface area contributed by atoms with Gasteiger partial charge in [0.2, 0.25) is 5.78 Å². The molecule has 0 amide bonds. The number of fused-ring (bicyclic) bond motifs is 1. The van der Waals surface area contributed by atoms with Gasteiger partial charge in [-0.1, -0.05) is 42.5 Å². The third-order valence-electron chi connectivity index (χ3n) is 6.21.